The van der Waals surface area contributed by atoms with Gasteiger partial charge in [-0.15, -0.1) is 0 Å². The van der Waals surface area contributed by atoms with E-state index in [9.17, 15) is 14.4 Å². The third kappa shape index (κ3) is 8.45. The molecule has 0 saturated carbocycles. The summed E-state index contributed by atoms with van der Waals surface area (Å²) >= 11 is 1.06. The molecule has 0 bridgehead atoms. The number of nitrogens with one attached hydrogen (secondary N) is 2. The fourth-order valence-corrected chi connectivity index (χ4v) is 3.97. The molecule has 2 aromatic heterocycles. The zero-order valence-corrected chi connectivity index (χ0v) is 22.5. The van der Waals surface area contributed by atoms with Crippen molar-refractivity contribution in [3.63, 3.8) is 0 Å². The van der Waals surface area contributed by atoms with Crippen LogP contribution in [0.2, 0.25) is 0 Å². The summed E-state index contributed by atoms with van der Waals surface area (Å²) in [6.07, 6.45) is 0.713. The summed E-state index contributed by atoms with van der Waals surface area (Å²) in [5.41, 5.74) is 1.52. The van der Waals surface area contributed by atoms with E-state index in [1.54, 1.807) is 57.1 Å². The molecule has 0 spiro atoms. The SMILES string of the molecule is CCCOC(=O)c1sc(NC(=O)[C@H](CNC(=O)c2cccc(-c3noc(C)n3)c2)N(C)C)nc1C.O=CO. The maximum atomic E-state index is 12.9. The average molecular weight is 547 g/mol. The van der Waals surface area contributed by atoms with E-state index < -0.39 is 12.0 Å². The molecule has 14 heteroatoms. The summed E-state index contributed by atoms with van der Waals surface area (Å²) in [6.45, 7) is 5.40. The van der Waals surface area contributed by atoms with Gasteiger partial charge in [-0.25, -0.2) is 9.78 Å². The van der Waals surface area contributed by atoms with Crippen LogP contribution in [0.5, 0.6) is 0 Å². The minimum absolute atomic E-state index is 0.0545. The molecule has 0 fully saturated rings. The van der Waals surface area contributed by atoms with Crippen molar-refractivity contribution in [2.24, 2.45) is 0 Å². The van der Waals surface area contributed by atoms with E-state index in [4.69, 9.17) is 19.2 Å². The number of esters is 1. The molecule has 2 amide bonds. The second kappa shape index (κ2) is 14.5. The Hall–Kier alpha value is -4.17. The Morgan fingerprint density at radius 3 is 2.55 bits per heavy atom. The van der Waals surface area contributed by atoms with Gasteiger partial charge in [0.25, 0.3) is 12.4 Å². The standard InChI is InChI=1S/C23H28N6O5S.CH2O2/c1-6-10-33-22(32)18-13(2)25-23(35-18)27-21(31)17(29(4)5)12-24-20(30)16-9-7-8-15(11-16)19-26-14(3)34-28-19;2-1-3/h7-9,11,17H,6,10,12H2,1-5H3,(H,24,30)(H,25,27,31);1H,(H,2,3)/t17-;/m0./s1. The molecule has 204 valence electrons. The molecule has 0 saturated heterocycles. The molecular weight excluding hydrogens is 516 g/mol. The average Bonchev–Trinajstić information content (AvgIpc) is 3.48. The maximum absolute atomic E-state index is 12.9. The monoisotopic (exact) mass is 546 g/mol. The Bertz CT molecular complexity index is 1260. The number of amides is 2. The number of benzene rings is 1. The van der Waals surface area contributed by atoms with Crippen molar-refractivity contribution in [2.75, 3.05) is 32.6 Å². The van der Waals surface area contributed by atoms with E-state index in [0.717, 1.165) is 11.3 Å². The molecule has 0 unspecified atom stereocenters. The van der Waals surface area contributed by atoms with Gasteiger partial charge >= 0.3 is 5.97 Å². The van der Waals surface area contributed by atoms with E-state index in [-0.39, 0.29) is 30.0 Å². The quantitative estimate of drug-likeness (QED) is 0.251. The minimum atomic E-state index is -0.679. The van der Waals surface area contributed by atoms with Crippen LogP contribution in [0, 0.1) is 13.8 Å². The van der Waals surface area contributed by atoms with Crippen molar-refractivity contribution in [3.8, 4) is 11.4 Å². The number of ether oxygens (including phenoxy) is 1. The number of carboxylic acid groups (broad SMARTS) is 1. The number of thiazole rings is 1. The lowest BCUT2D eigenvalue weighted by molar-refractivity contribution is -0.123. The predicted octanol–water partition coefficient (Wildman–Crippen LogP) is 2.38. The van der Waals surface area contributed by atoms with Crippen LogP contribution in [0.25, 0.3) is 11.4 Å². The van der Waals surface area contributed by atoms with Crippen LogP contribution in [0.15, 0.2) is 28.8 Å². The van der Waals surface area contributed by atoms with E-state index in [1.165, 1.54) is 0 Å². The summed E-state index contributed by atoms with van der Waals surface area (Å²) in [4.78, 5) is 56.7. The van der Waals surface area contributed by atoms with Gasteiger partial charge in [0.15, 0.2) is 5.13 Å². The summed E-state index contributed by atoms with van der Waals surface area (Å²) in [5, 5.41) is 16.6. The maximum Gasteiger partial charge on any atom is 0.350 e. The number of rotatable bonds is 10. The third-order valence-corrected chi connectivity index (χ3v) is 5.99. The van der Waals surface area contributed by atoms with Gasteiger partial charge in [-0.05, 0) is 39.6 Å². The highest BCUT2D eigenvalue weighted by atomic mass is 32.1. The number of aromatic nitrogens is 3. The number of likely N-dealkylation sites (N-methyl/N-ethyl adjacent to an activating group) is 1. The van der Waals surface area contributed by atoms with Crippen LogP contribution in [-0.4, -0.2) is 82.7 Å². The lowest BCUT2D eigenvalue weighted by atomic mass is 10.1. The predicted molar refractivity (Wildman–Crippen MR) is 139 cm³/mol. The Labute approximate surface area is 223 Å². The molecule has 0 radical (unpaired) electrons. The van der Waals surface area contributed by atoms with E-state index in [1.807, 2.05) is 6.92 Å². The largest absolute Gasteiger partial charge is 0.483 e. The third-order valence-electron chi connectivity index (χ3n) is 4.94. The van der Waals surface area contributed by atoms with Crippen molar-refractivity contribution >= 4 is 40.7 Å². The lowest BCUT2D eigenvalue weighted by Gasteiger charge is -2.23. The normalized spacial score (nSPS) is 11.2. The van der Waals surface area contributed by atoms with Crippen molar-refractivity contribution in [3.05, 3.63) is 46.3 Å². The molecule has 2 heterocycles. The molecule has 38 heavy (non-hydrogen) atoms. The first-order valence-corrected chi connectivity index (χ1v) is 12.3. The van der Waals surface area contributed by atoms with Gasteiger partial charge in [0, 0.05) is 24.6 Å². The molecule has 3 aromatic rings. The zero-order chi connectivity index (χ0) is 28.2. The summed E-state index contributed by atoms with van der Waals surface area (Å²) < 4.78 is 10.2. The molecule has 0 aliphatic rings. The van der Waals surface area contributed by atoms with Gasteiger partial charge in [-0.2, -0.15) is 4.98 Å². The second-order valence-electron chi connectivity index (χ2n) is 8.07. The van der Waals surface area contributed by atoms with E-state index in [2.05, 4.69) is 25.8 Å². The highest BCUT2D eigenvalue weighted by Gasteiger charge is 2.25. The van der Waals surface area contributed by atoms with Crippen LogP contribution in [0.3, 0.4) is 0 Å². The van der Waals surface area contributed by atoms with Gasteiger partial charge in [0.05, 0.1) is 12.3 Å². The van der Waals surface area contributed by atoms with Gasteiger partial charge in [0.2, 0.25) is 17.6 Å². The van der Waals surface area contributed by atoms with Gasteiger partial charge < -0.3 is 25.0 Å². The van der Waals surface area contributed by atoms with Crippen molar-refractivity contribution < 1.29 is 33.5 Å². The summed E-state index contributed by atoms with van der Waals surface area (Å²) in [6, 6.07) is 6.14. The first kappa shape index (κ1) is 30.1. The summed E-state index contributed by atoms with van der Waals surface area (Å²) in [7, 11) is 3.46. The molecule has 13 nitrogen and oxygen atoms in total. The second-order valence-corrected chi connectivity index (χ2v) is 9.07. The summed E-state index contributed by atoms with van der Waals surface area (Å²) in [5.74, 6) is -0.363. The smallest absolute Gasteiger partial charge is 0.350 e. The molecular formula is C24H30N6O7S. The van der Waals surface area contributed by atoms with Crippen LogP contribution in [0.4, 0.5) is 5.13 Å². The molecule has 3 rings (SSSR count). The van der Waals surface area contributed by atoms with Crippen molar-refractivity contribution in [2.45, 2.75) is 33.2 Å². The fraction of sp³-hybridized carbons (Fsp3) is 0.375. The van der Waals surface area contributed by atoms with E-state index in [0.29, 0.717) is 46.4 Å². The number of nitrogens with zero attached hydrogens (tertiary/aromatic N) is 4. The minimum Gasteiger partial charge on any atom is -0.483 e. The van der Waals surface area contributed by atoms with Gasteiger partial charge in [-0.3, -0.25) is 19.3 Å². The number of aryl methyl sites for hydroxylation is 2. The highest BCUT2D eigenvalue weighted by molar-refractivity contribution is 7.17. The molecule has 0 aliphatic heterocycles. The van der Waals surface area contributed by atoms with Crippen LogP contribution >= 0.6 is 11.3 Å². The highest BCUT2D eigenvalue weighted by Crippen LogP contribution is 2.24. The first-order valence-electron chi connectivity index (χ1n) is 11.5. The lowest BCUT2D eigenvalue weighted by Crippen LogP contribution is -2.47. The number of hydrogen-bond donors (Lipinski definition) is 3. The first-order chi connectivity index (χ1) is 18.1. The number of anilines is 1. The molecule has 3 N–H and O–H groups in total. The fourth-order valence-electron chi connectivity index (χ4n) is 3.11. The number of carbonyl (C=O) groups is 4. The molecule has 1 aromatic carbocycles. The topological polar surface area (TPSA) is 177 Å². The number of hydrogen-bond acceptors (Lipinski definition) is 11. The zero-order valence-electron chi connectivity index (χ0n) is 21.7. The van der Waals surface area contributed by atoms with Crippen LogP contribution in [-0.2, 0) is 14.3 Å². The molecule has 0 aliphatic carbocycles. The van der Waals surface area contributed by atoms with E-state index >= 15 is 0 Å². The molecule has 1 atom stereocenters. The van der Waals surface area contributed by atoms with Crippen molar-refractivity contribution in [1.82, 2.24) is 25.3 Å². The Kier molecular flexibility index (Phi) is 11.5. The Morgan fingerprint density at radius 2 is 1.95 bits per heavy atom. The van der Waals surface area contributed by atoms with Crippen LogP contribution < -0.4 is 10.6 Å². The van der Waals surface area contributed by atoms with Gasteiger partial charge in [-0.1, -0.05) is 35.5 Å². The van der Waals surface area contributed by atoms with Crippen molar-refractivity contribution in [1.29, 1.82) is 0 Å². The van der Waals surface area contributed by atoms with Crippen LogP contribution in [0.1, 0.15) is 45.0 Å². The Morgan fingerprint density at radius 1 is 1.24 bits per heavy atom. The Balaban J connectivity index is 0.00000161. The number of carbonyl (C=O) groups excluding carboxylic acids is 3. The van der Waals surface area contributed by atoms with Gasteiger partial charge in [0.1, 0.15) is 10.9 Å².